The van der Waals surface area contributed by atoms with Crippen molar-refractivity contribution in [2.45, 2.75) is 62.8 Å². The summed E-state index contributed by atoms with van der Waals surface area (Å²) in [5.41, 5.74) is 0. The molecule has 0 saturated carbocycles. The predicted octanol–water partition coefficient (Wildman–Crippen LogP) is -1.27. The van der Waals surface area contributed by atoms with Crippen LogP contribution in [0.25, 0.3) is 0 Å². The smallest absolute Gasteiger partial charge is 0.195 e. The number of aliphatic hydroxyl groups excluding tert-OH is 4. The molecule has 1 unspecified atom stereocenters. The molecule has 5 N–H and O–H groups in total. The molecule has 6 nitrogen and oxygen atoms in total. The van der Waals surface area contributed by atoms with Gasteiger partial charge in [-0.15, -0.1) is 0 Å². The molecule has 1 fully saturated rings. The molecule has 1 saturated heterocycles. The fourth-order valence-electron chi connectivity index (χ4n) is 2.06. The van der Waals surface area contributed by atoms with Crippen LogP contribution in [-0.4, -0.2) is 62.3 Å². The van der Waals surface area contributed by atoms with Crippen molar-refractivity contribution < 1.29 is 30.3 Å². The highest BCUT2D eigenvalue weighted by atomic mass is 16.7. The average molecular weight is 250 g/mol. The predicted molar refractivity (Wildman–Crippen MR) is 59.1 cm³/mol. The van der Waals surface area contributed by atoms with Crippen molar-refractivity contribution in [1.82, 2.24) is 0 Å². The minimum atomic E-state index is -1.90. The maximum Gasteiger partial charge on any atom is 0.195 e. The molecule has 1 heterocycles. The van der Waals surface area contributed by atoms with Crippen LogP contribution in [0, 0.1) is 0 Å². The van der Waals surface area contributed by atoms with E-state index in [1.165, 1.54) is 0 Å². The minimum absolute atomic E-state index is 0.155. The van der Waals surface area contributed by atoms with Crippen LogP contribution in [0.15, 0.2) is 0 Å². The van der Waals surface area contributed by atoms with Crippen molar-refractivity contribution in [3.05, 3.63) is 0 Å². The summed E-state index contributed by atoms with van der Waals surface area (Å²) in [6, 6.07) is 0. The first-order valence-corrected chi connectivity index (χ1v) is 6.01. The van der Waals surface area contributed by atoms with Crippen LogP contribution in [0.1, 0.15) is 32.6 Å². The van der Waals surface area contributed by atoms with Crippen molar-refractivity contribution in [2.75, 3.05) is 6.61 Å². The second-order valence-electron chi connectivity index (χ2n) is 4.57. The van der Waals surface area contributed by atoms with E-state index in [1.807, 2.05) is 6.92 Å². The number of hydrogen-bond acceptors (Lipinski definition) is 6. The van der Waals surface area contributed by atoms with E-state index in [0.717, 1.165) is 12.8 Å². The molecule has 0 aliphatic carbocycles. The van der Waals surface area contributed by atoms with Gasteiger partial charge in [-0.3, -0.25) is 0 Å². The van der Waals surface area contributed by atoms with Gasteiger partial charge in [-0.05, 0) is 6.42 Å². The van der Waals surface area contributed by atoms with Crippen molar-refractivity contribution >= 4 is 0 Å². The Hall–Kier alpha value is -0.240. The number of rotatable bonds is 5. The average Bonchev–Trinajstić information content (AvgIpc) is 2.32. The molecule has 6 heteroatoms. The molecule has 1 rings (SSSR count). The van der Waals surface area contributed by atoms with E-state index >= 15 is 0 Å². The topological polar surface area (TPSA) is 110 Å². The lowest BCUT2D eigenvalue weighted by atomic mass is 9.89. The van der Waals surface area contributed by atoms with Gasteiger partial charge >= 0.3 is 0 Å². The molecule has 0 amide bonds. The van der Waals surface area contributed by atoms with Crippen LogP contribution >= 0.6 is 0 Å². The molecule has 0 radical (unpaired) electrons. The van der Waals surface area contributed by atoms with E-state index in [4.69, 9.17) is 9.84 Å². The van der Waals surface area contributed by atoms with Crippen LogP contribution in [-0.2, 0) is 4.74 Å². The summed E-state index contributed by atoms with van der Waals surface area (Å²) in [7, 11) is 0. The molecule has 17 heavy (non-hydrogen) atoms. The Morgan fingerprint density at radius 1 is 1.12 bits per heavy atom. The highest BCUT2D eigenvalue weighted by Crippen LogP contribution is 2.32. The van der Waals surface area contributed by atoms with Gasteiger partial charge in [0.15, 0.2) is 5.79 Å². The van der Waals surface area contributed by atoms with Gasteiger partial charge < -0.3 is 30.3 Å². The van der Waals surface area contributed by atoms with Gasteiger partial charge in [0.25, 0.3) is 0 Å². The molecule has 5 atom stereocenters. The minimum Gasteiger partial charge on any atom is -0.394 e. The lowest BCUT2D eigenvalue weighted by Gasteiger charge is -2.45. The van der Waals surface area contributed by atoms with Gasteiger partial charge in [0.05, 0.1) is 6.61 Å². The molecule has 102 valence electrons. The van der Waals surface area contributed by atoms with Gasteiger partial charge in [-0.2, -0.15) is 0 Å². The summed E-state index contributed by atoms with van der Waals surface area (Å²) in [5, 5.41) is 47.9. The van der Waals surface area contributed by atoms with E-state index in [2.05, 4.69) is 0 Å². The first kappa shape index (κ1) is 14.8. The standard InChI is InChI=1S/C11H22O6/c1-2-3-4-5-11(16)10(15)9(14)8(13)7(6-12)17-11/h7-10,12-16H,2-6H2,1H3/t7-,8-,9+,10+,11?/m1/s1. The second-order valence-corrected chi connectivity index (χ2v) is 4.57. The Labute approximate surface area is 100 Å². The van der Waals surface area contributed by atoms with Crippen molar-refractivity contribution in [3.63, 3.8) is 0 Å². The number of hydrogen-bond donors (Lipinski definition) is 5. The fourth-order valence-corrected chi connectivity index (χ4v) is 2.06. The Balaban J connectivity index is 2.69. The summed E-state index contributed by atoms with van der Waals surface area (Å²) < 4.78 is 5.11. The van der Waals surface area contributed by atoms with Crippen molar-refractivity contribution in [2.24, 2.45) is 0 Å². The van der Waals surface area contributed by atoms with E-state index < -0.39 is 36.8 Å². The molecule has 0 bridgehead atoms. The van der Waals surface area contributed by atoms with Crippen LogP contribution in [0.5, 0.6) is 0 Å². The number of ether oxygens (including phenoxy) is 1. The van der Waals surface area contributed by atoms with Crippen LogP contribution < -0.4 is 0 Å². The third-order valence-electron chi connectivity index (χ3n) is 3.19. The van der Waals surface area contributed by atoms with Crippen LogP contribution in [0.3, 0.4) is 0 Å². The Kier molecular flexibility index (Phi) is 5.30. The second kappa shape index (κ2) is 6.08. The molecular formula is C11H22O6. The van der Waals surface area contributed by atoms with Gasteiger partial charge in [-0.1, -0.05) is 19.8 Å². The summed E-state index contributed by atoms with van der Waals surface area (Å²) >= 11 is 0. The van der Waals surface area contributed by atoms with Crippen LogP contribution in [0.4, 0.5) is 0 Å². The maximum atomic E-state index is 10.1. The van der Waals surface area contributed by atoms with E-state index in [0.29, 0.717) is 6.42 Å². The molecule has 0 aromatic carbocycles. The third-order valence-corrected chi connectivity index (χ3v) is 3.19. The van der Waals surface area contributed by atoms with Crippen molar-refractivity contribution in [3.8, 4) is 0 Å². The molecule has 1 aliphatic heterocycles. The SMILES string of the molecule is CCCCCC1(O)O[C@H](CO)[C@@H](O)[C@H](O)[C@@H]1O. The summed E-state index contributed by atoms with van der Waals surface area (Å²) in [4.78, 5) is 0. The highest BCUT2D eigenvalue weighted by Gasteiger charge is 2.51. The molecule has 1 aliphatic rings. The number of aliphatic hydroxyl groups is 5. The largest absolute Gasteiger partial charge is 0.394 e. The normalized spacial score (nSPS) is 42.7. The first-order chi connectivity index (χ1) is 7.96. The van der Waals surface area contributed by atoms with Gasteiger partial charge in [-0.25, -0.2) is 0 Å². The first-order valence-electron chi connectivity index (χ1n) is 6.01. The summed E-state index contributed by atoms with van der Waals surface area (Å²) in [6.45, 7) is 1.47. The zero-order valence-corrected chi connectivity index (χ0v) is 9.99. The van der Waals surface area contributed by atoms with Crippen molar-refractivity contribution in [1.29, 1.82) is 0 Å². The van der Waals surface area contributed by atoms with Gasteiger partial charge in [0.1, 0.15) is 24.4 Å². The molecule has 0 spiro atoms. The monoisotopic (exact) mass is 250 g/mol. The molecular weight excluding hydrogens is 228 g/mol. The van der Waals surface area contributed by atoms with E-state index in [1.54, 1.807) is 0 Å². The Bertz CT molecular complexity index is 234. The Morgan fingerprint density at radius 2 is 1.76 bits per heavy atom. The van der Waals surface area contributed by atoms with E-state index in [-0.39, 0.29) is 6.42 Å². The van der Waals surface area contributed by atoms with E-state index in [9.17, 15) is 20.4 Å². The number of unbranched alkanes of at least 4 members (excludes halogenated alkanes) is 2. The third kappa shape index (κ3) is 3.15. The zero-order valence-electron chi connectivity index (χ0n) is 9.99. The quantitative estimate of drug-likeness (QED) is 0.389. The maximum absolute atomic E-state index is 10.1. The summed E-state index contributed by atoms with van der Waals surface area (Å²) in [6.07, 6.45) is -2.99. The summed E-state index contributed by atoms with van der Waals surface area (Å²) in [5.74, 6) is -1.90. The fraction of sp³-hybridized carbons (Fsp3) is 1.00. The lowest BCUT2D eigenvalue weighted by molar-refractivity contribution is -0.351. The van der Waals surface area contributed by atoms with Gasteiger partial charge in [0, 0.05) is 6.42 Å². The lowest BCUT2D eigenvalue weighted by Crippen LogP contribution is -2.65. The Morgan fingerprint density at radius 3 is 2.29 bits per heavy atom. The van der Waals surface area contributed by atoms with Gasteiger partial charge in [0.2, 0.25) is 0 Å². The highest BCUT2D eigenvalue weighted by molar-refractivity contribution is 4.95. The van der Waals surface area contributed by atoms with Crippen LogP contribution in [0.2, 0.25) is 0 Å². The zero-order chi connectivity index (χ0) is 13.1. The molecule has 0 aromatic rings. The molecule has 0 aromatic heterocycles.